The van der Waals surface area contributed by atoms with E-state index in [-0.39, 0.29) is 18.3 Å². The Balaban J connectivity index is 1.08. The van der Waals surface area contributed by atoms with Gasteiger partial charge in [-0.1, -0.05) is 43.6 Å². The summed E-state index contributed by atoms with van der Waals surface area (Å²) in [7, 11) is 0. The third-order valence-corrected chi connectivity index (χ3v) is 17.2. The number of aliphatic hydroxyl groups excluding tert-OH is 10. The summed E-state index contributed by atoms with van der Waals surface area (Å²) < 4.78 is 35.2. The first-order valence-corrected chi connectivity index (χ1v) is 23.4. The van der Waals surface area contributed by atoms with Gasteiger partial charge < -0.3 is 89.7 Å². The lowest BCUT2D eigenvalue weighted by atomic mass is 9.44. The Hall–Kier alpha value is -1.73. The molecule has 2 saturated carbocycles. The molecule has 7 aliphatic rings. The molecule has 0 aromatic rings. The minimum Gasteiger partial charge on any atom is -0.481 e. The summed E-state index contributed by atoms with van der Waals surface area (Å²) in [4.78, 5) is 13.8. The van der Waals surface area contributed by atoms with Crippen LogP contribution in [-0.4, -0.2) is 191 Å². The molecule has 0 aromatic carbocycles. The van der Waals surface area contributed by atoms with Crippen molar-refractivity contribution in [1.29, 1.82) is 0 Å². The Morgan fingerprint density at radius 1 is 0.754 bits per heavy atom. The Morgan fingerprint density at radius 3 is 2.02 bits per heavy atom. The van der Waals surface area contributed by atoms with Crippen molar-refractivity contribution in [1.82, 2.24) is 0 Å². The van der Waals surface area contributed by atoms with Gasteiger partial charge in [-0.25, -0.2) is 0 Å². The highest BCUT2D eigenvalue weighted by Crippen LogP contribution is 2.72. The van der Waals surface area contributed by atoms with Gasteiger partial charge in [-0.15, -0.1) is 0 Å². The van der Waals surface area contributed by atoms with Gasteiger partial charge >= 0.3 is 5.97 Å². The van der Waals surface area contributed by atoms with Gasteiger partial charge in [0.1, 0.15) is 67.1 Å². The number of fused-ring (bicyclic) bond motifs is 4. The number of rotatable bonds is 13. The molecule has 0 radical (unpaired) electrons. The number of carboxylic acid groups (broad SMARTS) is 1. The topological polar surface area (TPSA) is 315 Å². The molecule has 19 nitrogen and oxygen atoms in total. The number of allylic oxidation sites excluding steroid dienone is 2. The van der Waals surface area contributed by atoms with Gasteiger partial charge in [0.05, 0.1) is 43.0 Å². The average molecular weight is 931 g/mol. The van der Waals surface area contributed by atoms with E-state index in [1.165, 1.54) is 0 Å². The van der Waals surface area contributed by atoms with Crippen LogP contribution >= 0.6 is 0 Å². The summed E-state index contributed by atoms with van der Waals surface area (Å²) in [5.74, 6) is -1.38. The number of carboxylic acids is 1. The quantitative estimate of drug-likeness (QED) is 0.102. The molecule has 4 aliphatic carbocycles. The predicted molar refractivity (Wildman–Crippen MR) is 225 cm³/mol. The number of hydrogen-bond acceptors (Lipinski definition) is 18. The number of aliphatic carboxylic acids is 1. The summed E-state index contributed by atoms with van der Waals surface area (Å²) in [5, 5.41) is 130. The molecule has 0 aromatic heterocycles. The molecule has 0 bridgehead atoms. The Morgan fingerprint density at radius 2 is 1.38 bits per heavy atom. The molecule has 12 N–H and O–H groups in total. The van der Waals surface area contributed by atoms with E-state index in [0.29, 0.717) is 51.4 Å². The van der Waals surface area contributed by atoms with Crippen LogP contribution in [0.1, 0.15) is 99.3 Å². The van der Waals surface area contributed by atoms with E-state index in [0.717, 1.165) is 16.7 Å². The van der Waals surface area contributed by atoms with Crippen LogP contribution in [0.15, 0.2) is 22.8 Å². The van der Waals surface area contributed by atoms with E-state index in [9.17, 15) is 66.1 Å². The molecule has 5 fully saturated rings. The summed E-state index contributed by atoms with van der Waals surface area (Å²) in [6.07, 6.45) is -17.9. The summed E-state index contributed by atoms with van der Waals surface area (Å²) >= 11 is 0. The van der Waals surface area contributed by atoms with Crippen molar-refractivity contribution in [2.45, 2.75) is 203 Å². The van der Waals surface area contributed by atoms with Gasteiger partial charge in [-0.05, 0) is 107 Å². The number of hydrogen-bond donors (Lipinski definition) is 12. The van der Waals surface area contributed by atoms with Gasteiger partial charge in [0.15, 0.2) is 18.9 Å². The second kappa shape index (κ2) is 19.2. The Bertz CT molecular complexity index is 1750. The lowest BCUT2D eigenvalue weighted by Crippen LogP contribution is -2.66. The van der Waals surface area contributed by atoms with E-state index in [1.807, 2.05) is 26.8 Å². The third-order valence-electron chi connectivity index (χ3n) is 17.2. The zero-order valence-electron chi connectivity index (χ0n) is 38.3. The summed E-state index contributed by atoms with van der Waals surface area (Å²) in [6, 6.07) is 0. The largest absolute Gasteiger partial charge is 0.481 e. The van der Waals surface area contributed by atoms with Crippen molar-refractivity contribution >= 4 is 5.97 Å². The molecule has 1 unspecified atom stereocenters. The smallest absolute Gasteiger partial charge is 0.314 e. The van der Waals surface area contributed by atoms with Crippen molar-refractivity contribution in [3.63, 3.8) is 0 Å². The first kappa shape index (κ1) is 51.1. The molecular formula is C46H74O19. The summed E-state index contributed by atoms with van der Waals surface area (Å²) in [5.41, 5.74) is -0.752. The standard InChI is InChI=1S/C46H74O19/c1-20(2)7-9-25(49)21(3)22-12-16-46(42(57)58)24-8-10-29-43(4,23(24)11-15-44(22,46)5)14-13-30(45(29,6)59)64-41-38(35(54)32(51)27(18-48)62-41)65-39-36(55)33(52)28(19-60-39)63-40-37(56)34(53)31(50)26(17-47)61-40/h7,21-22,25-41,47-56,59H,8-19H2,1-6H3,(H,57,58)/t21-,22+,25-,26+,27+,28-,29?,30-,31-,32-,33-,34-,35-,36+,37+,38+,39+,40-,41-,43+,44+,45+,46-/m0/s1. The highest BCUT2D eigenvalue weighted by atomic mass is 16.8. The zero-order valence-corrected chi connectivity index (χ0v) is 38.3. The fourth-order valence-electron chi connectivity index (χ4n) is 13.4. The molecule has 0 amide bonds. The molecule has 19 heteroatoms. The maximum absolute atomic E-state index is 13.8. The molecule has 7 rings (SSSR count). The van der Waals surface area contributed by atoms with Crippen LogP contribution in [0, 0.1) is 34.0 Å². The minimum absolute atomic E-state index is 0.0112. The Labute approximate surface area is 379 Å². The van der Waals surface area contributed by atoms with Crippen molar-refractivity contribution in [3.8, 4) is 0 Å². The van der Waals surface area contributed by atoms with Crippen LogP contribution in [-0.2, 0) is 33.2 Å². The molecule has 23 atom stereocenters. The van der Waals surface area contributed by atoms with Crippen LogP contribution < -0.4 is 0 Å². The van der Waals surface area contributed by atoms with Crippen molar-refractivity contribution < 1.29 is 94.5 Å². The lowest BCUT2D eigenvalue weighted by molar-refractivity contribution is -0.380. The van der Waals surface area contributed by atoms with E-state index in [1.54, 1.807) is 6.92 Å². The number of aliphatic hydroxyl groups is 11. The van der Waals surface area contributed by atoms with Crippen molar-refractivity contribution in [3.05, 3.63) is 22.8 Å². The van der Waals surface area contributed by atoms with Crippen LogP contribution in [0.3, 0.4) is 0 Å². The molecule has 3 heterocycles. The lowest BCUT2D eigenvalue weighted by Gasteiger charge is -2.61. The first-order chi connectivity index (χ1) is 30.5. The molecule has 3 saturated heterocycles. The maximum Gasteiger partial charge on any atom is 0.314 e. The van der Waals surface area contributed by atoms with Crippen molar-refractivity contribution in [2.24, 2.45) is 34.0 Å². The van der Waals surface area contributed by atoms with E-state index < -0.39 is 152 Å². The van der Waals surface area contributed by atoms with Crippen LogP contribution in [0.25, 0.3) is 0 Å². The first-order valence-electron chi connectivity index (χ1n) is 23.4. The van der Waals surface area contributed by atoms with E-state index in [4.69, 9.17) is 28.4 Å². The van der Waals surface area contributed by atoms with Gasteiger partial charge in [-0.2, -0.15) is 0 Å². The zero-order chi connectivity index (χ0) is 47.7. The average Bonchev–Trinajstić information content (AvgIpc) is 3.59. The van der Waals surface area contributed by atoms with Gasteiger partial charge in [0.25, 0.3) is 0 Å². The fourth-order valence-corrected chi connectivity index (χ4v) is 13.4. The van der Waals surface area contributed by atoms with Crippen LogP contribution in [0.4, 0.5) is 0 Å². The van der Waals surface area contributed by atoms with Crippen molar-refractivity contribution in [2.75, 3.05) is 19.8 Å². The predicted octanol–water partition coefficient (Wildman–Crippen LogP) is -0.649. The normalized spacial score (nSPS) is 49.9. The molecule has 0 spiro atoms. The third kappa shape index (κ3) is 8.59. The highest BCUT2D eigenvalue weighted by molar-refractivity contribution is 5.82. The molecule has 372 valence electrons. The summed E-state index contributed by atoms with van der Waals surface area (Å²) in [6.45, 7) is 9.95. The molecule has 65 heavy (non-hydrogen) atoms. The molecule has 3 aliphatic heterocycles. The minimum atomic E-state index is -1.89. The Kier molecular flexibility index (Phi) is 15.1. The SMILES string of the molecule is CC(C)=CC[C@H](O)[C@@H](C)[C@H]1CC[C@@]2(C(=O)O)C3=C(CC[C@]12C)[C@@]1(C)CC[C@H](O[C@@H]2O[C@H](CO)[C@H](O)[C@H](O)[C@H]2O[C@H]2OC[C@H](O[C@@H]4O[C@H](CO)[C@H](O)[C@H](O)[C@H]4O)[C@H](O)[C@H]2O)[C@](C)(O)C1CC3. The van der Waals surface area contributed by atoms with Gasteiger partial charge in [0, 0.05) is 0 Å². The second-order valence-electron chi connectivity index (χ2n) is 20.9. The molecular weight excluding hydrogens is 856 g/mol. The van der Waals surface area contributed by atoms with E-state index in [2.05, 4.69) is 13.8 Å². The van der Waals surface area contributed by atoms with E-state index >= 15 is 0 Å². The number of carbonyl (C=O) groups is 1. The fraction of sp³-hybridized carbons (Fsp3) is 0.891. The van der Waals surface area contributed by atoms with Crippen LogP contribution in [0.2, 0.25) is 0 Å². The van der Waals surface area contributed by atoms with Gasteiger partial charge in [-0.3, -0.25) is 4.79 Å². The highest BCUT2D eigenvalue weighted by Gasteiger charge is 2.69. The maximum atomic E-state index is 13.8. The second-order valence-corrected chi connectivity index (χ2v) is 20.9. The van der Waals surface area contributed by atoms with Gasteiger partial charge in [0.2, 0.25) is 0 Å². The number of ether oxygens (including phenoxy) is 6. The van der Waals surface area contributed by atoms with Crippen LogP contribution in [0.5, 0.6) is 0 Å². The monoisotopic (exact) mass is 930 g/mol.